The predicted molar refractivity (Wildman–Crippen MR) is 59.0 cm³/mol. The summed E-state index contributed by atoms with van der Waals surface area (Å²) in [5.74, 6) is 0. The summed E-state index contributed by atoms with van der Waals surface area (Å²) < 4.78 is 9.61. The predicted octanol–water partition coefficient (Wildman–Crippen LogP) is 2.55. The summed E-state index contributed by atoms with van der Waals surface area (Å²) in [7, 11) is 3.96. The molecule has 1 saturated heterocycles. The van der Waals surface area contributed by atoms with E-state index < -0.39 is 8.01 Å². The van der Waals surface area contributed by atoms with Crippen molar-refractivity contribution >= 4 is 8.01 Å². The van der Waals surface area contributed by atoms with E-state index in [0.717, 1.165) is 0 Å². The van der Waals surface area contributed by atoms with E-state index in [9.17, 15) is 0 Å². The Bertz CT molecular complexity index is 195. The third-order valence-electron chi connectivity index (χ3n) is 1.96. The fourth-order valence-corrected chi connectivity index (χ4v) is 3.39. The fraction of sp³-hybridized carbons (Fsp3) is 1.00. The van der Waals surface area contributed by atoms with E-state index in [-0.39, 0.29) is 5.54 Å². The lowest BCUT2D eigenvalue weighted by molar-refractivity contribution is 0.385. The maximum atomic E-state index is 4.85. The first kappa shape index (κ1) is 11.1. The van der Waals surface area contributed by atoms with Gasteiger partial charge in [0.25, 0.3) is 0 Å². The second-order valence-electron chi connectivity index (χ2n) is 4.66. The van der Waals surface area contributed by atoms with Crippen molar-refractivity contribution in [3.05, 3.63) is 0 Å². The van der Waals surface area contributed by atoms with Gasteiger partial charge in [0.05, 0.1) is 5.54 Å². The zero-order valence-corrected chi connectivity index (χ0v) is 10.3. The second-order valence-corrected chi connectivity index (χ2v) is 6.76. The SMILES string of the molecule is CN1CCCN(C)[P+]1=NC(C)(C)C. The normalized spacial score (nSPS) is 22.1. The third-order valence-corrected chi connectivity index (χ3v) is 4.36. The van der Waals surface area contributed by atoms with Gasteiger partial charge in [0, 0.05) is 27.2 Å². The average Bonchev–Trinajstić information content (AvgIpc) is 1.95. The van der Waals surface area contributed by atoms with Gasteiger partial charge >= 0.3 is 8.01 Å². The summed E-state index contributed by atoms with van der Waals surface area (Å²) in [6, 6.07) is 0. The number of nitrogens with zero attached hydrogens (tertiary/aromatic N) is 3. The van der Waals surface area contributed by atoms with Gasteiger partial charge in [-0.2, -0.15) is 0 Å². The second kappa shape index (κ2) is 4.04. The van der Waals surface area contributed by atoms with Gasteiger partial charge in [0.15, 0.2) is 0 Å². The van der Waals surface area contributed by atoms with Gasteiger partial charge in [0.1, 0.15) is 0 Å². The molecule has 0 radical (unpaired) electrons. The molecule has 1 rings (SSSR count). The van der Waals surface area contributed by atoms with Crippen molar-refractivity contribution in [1.29, 1.82) is 0 Å². The van der Waals surface area contributed by atoms with Crippen molar-refractivity contribution in [1.82, 2.24) is 9.34 Å². The molecule has 0 N–H and O–H groups in total. The van der Waals surface area contributed by atoms with Crippen molar-refractivity contribution < 1.29 is 0 Å². The van der Waals surface area contributed by atoms with Crippen LogP contribution in [0.4, 0.5) is 0 Å². The maximum Gasteiger partial charge on any atom is 0.398 e. The summed E-state index contributed by atoms with van der Waals surface area (Å²) in [6.45, 7) is 8.90. The van der Waals surface area contributed by atoms with E-state index in [1.165, 1.54) is 19.5 Å². The van der Waals surface area contributed by atoms with Crippen LogP contribution < -0.4 is 0 Å². The first-order valence-corrected chi connectivity index (χ1v) is 6.05. The molecule has 1 heterocycles. The van der Waals surface area contributed by atoms with Crippen LogP contribution in [-0.2, 0) is 0 Å². The molecule has 76 valence electrons. The van der Waals surface area contributed by atoms with E-state index in [2.05, 4.69) is 44.2 Å². The zero-order chi connectivity index (χ0) is 10.1. The molecule has 0 saturated carbocycles. The first-order valence-electron chi connectivity index (χ1n) is 4.85. The van der Waals surface area contributed by atoms with Crippen LogP contribution in [0, 0.1) is 0 Å². The van der Waals surface area contributed by atoms with Crippen molar-refractivity contribution in [3.63, 3.8) is 0 Å². The fourth-order valence-electron chi connectivity index (χ4n) is 1.39. The standard InChI is InChI=1S/C9H21N3P/c1-9(2,3)10-13-11(4)7-6-8-12(13)5/h6-8H2,1-5H3/q+1. The smallest absolute Gasteiger partial charge is 0.0989 e. The van der Waals surface area contributed by atoms with Crippen LogP contribution in [-0.4, -0.2) is 42.1 Å². The molecule has 1 fully saturated rings. The Morgan fingerprint density at radius 3 is 1.92 bits per heavy atom. The van der Waals surface area contributed by atoms with E-state index >= 15 is 0 Å². The van der Waals surface area contributed by atoms with Gasteiger partial charge in [-0.1, -0.05) is 14.1 Å². The molecule has 3 nitrogen and oxygen atoms in total. The van der Waals surface area contributed by atoms with Gasteiger partial charge in [0.2, 0.25) is 0 Å². The highest BCUT2D eigenvalue weighted by atomic mass is 31.1. The van der Waals surface area contributed by atoms with Crippen molar-refractivity contribution in [2.24, 2.45) is 4.74 Å². The molecule has 1 aliphatic rings. The Hall–Kier alpha value is 0.0200. The molecule has 0 aliphatic carbocycles. The summed E-state index contributed by atoms with van der Waals surface area (Å²) in [5, 5.41) is 0. The minimum absolute atomic E-state index is 0.0889. The van der Waals surface area contributed by atoms with E-state index in [1.807, 2.05) is 0 Å². The van der Waals surface area contributed by atoms with Gasteiger partial charge in [-0.25, -0.2) is 0 Å². The lowest BCUT2D eigenvalue weighted by Crippen LogP contribution is -2.30. The quantitative estimate of drug-likeness (QED) is 0.562. The molecule has 0 aromatic carbocycles. The topological polar surface area (TPSA) is 18.8 Å². The average molecular weight is 202 g/mol. The molecule has 0 bridgehead atoms. The highest BCUT2D eigenvalue weighted by molar-refractivity contribution is 7.42. The van der Waals surface area contributed by atoms with Crippen molar-refractivity contribution in [2.75, 3.05) is 27.2 Å². The molecule has 13 heavy (non-hydrogen) atoms. The lowest BCUT2D eigenvalue weighted by atomic mass is 10.1. The van der Waals surface area contributed by atoms with Crippen LogP contribution in [0.2, 0.25) is 0 Å². The monoisotopic (exact) mass is 202 g/mol. The molecular weight excluding hydrogens is 181 g/mol. The number of hydrogen-bond acceptors (Lipinski definition) is 1. The lowest BCUT2D eigenvalue weighted by Gasteiger charge is -2.21. The Kier molecular flexibility index (Phi) is 3.44. The summed E-state index contributed by atoms with van der Waals surface area (Å²) >= 11 is 0. The van der Waals surface area contributed by atoms with Crippen LogP contribution in [0.1, 0.15) is 27.2 Å². The summed E-state index contributed by atoms with van der Waals surface area (Å²) in [5.41, 5.74) is 0.0889. The van der Waals surface area contributed by atoms with Crippen LogP contribution in [0.3, 0.4) is 0 Å². The third kappa shape index (κ3) is 3.34. The Morgan fingerprint density at radius 2 is 1.54 bits per heavy atom. The molecule has 0 aromatic heterocycles. The number of hydrogen-bond donors (Lipinski definition) is 0. The largest absolute Gasteiger partial charge is 0.398 e. The van der Waals surface area contributed by atoms with E-state index in [1.54, 1.807) is 0 Å². The van der Waals surface area contributed by atoms with Crippen LogP contribution in [0.25, 0.3) is 0 Å². The molecule has 0 amide bonds. The van der Waals surface area contributed by atoms with Crippen LogP contribution in [0.5, 0.6) is 0 Å². The summed E-state index contributed by atoms with van der Waals surface area (Å²) in [6.07, 6.45) is 1.27. The first-order chi connectivity index (χ1) is 5.90. The van der Waals surface area contributed by atoms with E-state index in [0.29, 0.717) is 0 Å². The van der Waals surface area contributed by atoms with Gasteiger partial charge in [-0.05, 0) is 27.2 Å². The molecular formula is C9H21N3P+. The molecule has 4 heteroatoms. The Balaban J connectivity index is 2.79. The van der Waals surface area contributed by atoms with E-state index in [4.69, 9.17) is 4.74 Å². The molecule has 1 aliphatic heterocycles. The highest BCUT2D eigenvalue weighted by Gasteiger charge is 2.33. The molecule has 0 atom stereocenters. The van der Waals surface area contributed by atoms with Crippen LogP contribution >= 0.6 is 8.01 Å². The molecule has 0 spiro atoms. The number of rotatable bonds is 0. The van der Waals surface area contributed by atoms with Crippen molar-refractivity contribution in [3.8, 4) is 0 Å². The van der Waals surface area contributed by atoms with Crippen LogP contribution in [0.15, 0.2) is 4.74 Å². The minimum atomic E-state index is -0.391. The summed E-state index contributed by atoms with van der Waals surface area (Å²) in [4.78, 5) is 0. The minimum Gasteiger partial charge on any atom is -0.0989 e. The van der Waals surface area contributed by atoms with Gasteiger partial charge in [-0.15, -0.1) is 0 Å². The van der Waals surface area contributed by atoms with Gasteiger partial charge < -0.3 is 0 Å². The van der Waals surface area contributed by atoms with Crippen molar-refractivity contribution in [2.45, 2.75) is 32.7 Å². The zero-order valence-electron chi connectivity index (χ0n) is 9.41. The maximum absolute atomic E-state index is 4.85. The molecule has 0 aromatic rings. The highest BCUT2D eigenvalue weighted by Crippen LogP contribution is 2.39. The Morgan fingerprint density at radius 1 is 1.08 bits per heavy atom. The molecule has 0 unspecified atom stereocenters. The Labute approximate surface area is 82.7 Å². The van der Waals surface area contributed by atoms with Gasteiger partial charge in [-0.3, -0.25) is 0 Å².